The molecule has 5 heteroatoms. The Morgan fingerprint density at radius 3 is 2.65 bits per heavy atom. The van der Waals surface area contributed by atoms with Crippen LogP contribution in [-0.4, -0.2) is 4.98 Å². The van der Waals surface area contributed by atoms with Gasteiger partial charge in [0, 0.05) is 11.6 Å². The Hall–Kier alpha value is -2.30. The molecule has 0 amide bonds. The lowest BCUT2D eigenvalue weighted by atomic mass is 10.2. The predicted octanol–water partition coefficient (Wildman–Crippen LogP) is 4.20. The standard InChI is InChI=1S/C18H17ClN2O2/c19-16-3-1-2-15(8-16)12-22-17-6-4-14(5-7-17)9-20-10-18-11-21-13-23-18/h1-8,11,13,20H,9-10,12H2. The van der Waals surface area contributed by atoms with Gasteiger partial charge in [0.2, 0.25) is 0 Å². The van der Waals surface area contributed by atoms with Crippen molar-refractivity contribution in [3.05, 3.63) is 83.0 Å². The fourth-order valence-electron chi connectivity index (χ4n) is 2.16. The molecule has 0 spiro atoms. The molecule has 23 heavy (non-hydrogen) atoms. The van der Waals surface area contributed by atoms with Crippen molar-refractivity contribution in [1.82, 2.24) is 10.3 Å². The zero-order chi connectivity index (χ0) is 15.9. The van der Waals surface area contributed by atoms with Crippen molar-refractivity contribution in [3.8, 4) is 5.75 Å². The zero-order valence-corrected chi connectivity index (χ0v) is 13.3. The lowest BCUT2D eigenvalue weighted by Gasteiger charge is -2.08. The lowest BCUT2D eigenvalue weighted by Crippen LogP contribution is -2.12. The van der Waals surface area contributed by atoms with Gasteiger partial charge in [0.15, 0.2) is 6.39 Å². The Morgan fingerprint density at radius 1 is 1.04 bits per heavy atom. The SMILES string of the molecule is Clc1cccc(COc2ccc(CNCc3cnco3)cc2)c1. The zero-order valence-electron chi connectivity index (χ0n) is 12.5. The van der Waals surface area contributed by atoms with E-state index in [1.807, 2.05) is 48.5 Å². The molecule has 118 valence electrons. The molecule has 1 N–H and O–H groups in total. The summed E-state index contributed by atoms with van der Waals surface area (Å²) in [5.41, 5.74) is 2.23. The molecular weight excluding hydrogens is 312 g/mol. The highest BCUT2D eigenvalue weighted by Crippen LogP contribution is 2.16. The van der Waals surface area contributed by atoms with Gasteiger partial charge in [0.25, 0.3) is 0 Å². The molecule has 0 aliphatic carbocycles. The molecule has 0 aliphatic rings. The van der Waals surface area contributed by atoms with Crippen LogP contribution in [0.5, 0.6) is 5.75 Å². The molecule has 0 atom stereocenters. The molecule has 3 aromatic rings. The first kappa shape index (κ1) is 15.6. The maximum Gasteiger partial charge on any atom is 0.180 e. The third kappa shape index (κ3) is 4.84. The molecule has 1 aromatic heterocycles. The molecule has 0 radical (unpaired) electrons. The van der Waals surface area contributed by atoms with Gasteiger partial charge in [-0.1, -0.05) is 35.9 Å². The second kappa shape index (κ2) is 7.81. The summed E-state index contributed by atoms with van der Waals surface area (Å²) in [5, 5.41) is 4.02. The van der Waals surface area contributed by atoms with Crippen LogP contribution in [-0.2, 0) is 19.7 Å². The summed E-state index contributed by atoms with van der Waals surface area (Å²) in [6, 6.07) is 15.7. The van der Waals surface area contributed by atoms with Crippen molar-refractivity contribution in [2.75, 3.05) is 0 Å². The van der Waals surface area contributed by atoms with Gasteiger partial charge < -0.3 is 14.5 Å². The van der Waals surface area contributed by atoms with Crippen molar-refractivity contribution in [1.29, 1.82) is 0 Å². The summed E-state index contributed by atoms with van der Waals surface area (Å²) in [7, 11) is 0. The van der Waals surface area contributed by atoms with E-state index >= 15 is 0 Å². The third-order valence-electron chi connectivity index (χ3n) is 3.33. The number of rotatable bonds is 7. The Morgan fingerprint density at radius 2 is 1.91 bits per heavy atom. The fraction of sp³-hybridized carbons (Fsp3) is 0.167. The highest BCUT2D eigenvalue weighted by Gasteiger charge is 2.00. The van der Waals surface area contributed by atoms with E-state index in [0.29, 0.717) is 13.2 Å². The predicted molar refractivity (Wildman–Crippen MR) is 89.3 cm³/mol. The van der Waals surface area contributed by atoms with Gasteiger partial charge >= 0.3 is 0 Å². The molecule has 2 aromatic carbocycles. The van der Waals surface area contributed by atoms with Crippen LogP contribution in [0.4, 0.5) is 0 Å². The van der Waals surface area contributed by atoms with Crippen LogP contribution in [0.15, 0.2) is 65.5 Å². The molecule has 1 heterocycles. The average molecular weight is 329 g/mol. The van der Waals surface area contributed by atoms with Gasteiger partial charge in [-0.2, -0.15) is 0 Å². The van der Waals surface area contributed by atoms with E-state index in [4.69, 9.17) is 20.8 Å². The summed E-state index contributed by atoms with van der Waals surface area (Å²) >= 11 is 5.96. The number of halogens is 1. The van der Waals surface area contributed by atoms with Crippen molar-refractivity contribution in [2.24, 2.45) is 0 Å². The van der Waals surface area contributed by atoms with Gasteiger partial charge in [-0.05, 0) is 35.4 Å². The lowest BCUT2D eigenvalue weighted by molar-refractivity contribution is 0.306. The van der Waals surface area contributed by atoms with Crippen LogP contribution in [0.2, 0.25) is 5.02 Å². The highest BCUT2D eigenvalue weighted by molar-refractivity contribution is 6.30. The second-order valence-corrected chi connectivity index (χ2v) is 5.57. The van der Waals surface area contributed by atoms with Gasteiger partial charge in [-0.25, -0.2) is 4.98 Å². The van der Waals surface area contributed by atoms with Gasteiger partial charge in [0.05, 0.1) is 12.7 Å². The van der Waals surface area contributed by atoms with Crippen LogP contribution in [0.25, 0.3) is 0 Å². The number of benzene rings is 2. The smallest absolute Gasteiger partial charge is 0.180 e. The van der Waals surface area contributed by atoms with Crippen LogP contribution >= 0.6 is 11.6 Å². The summed E-state index contributed by atoms with van der Waals surface area (Å²) in [4.78, 5) is 3.88. The van der Waals surface area contributed by atoms with E-state index in [0.717, 1.165) is 28.6 Å². The maximum atomic E-state index is 5.96. The Bertz CT molecular complexity index is 727. The van der Waals surface area contributed by atoms with Crippen LogP contribution in [0.1, 0.15) is 16.9 Å². The van der Waals surface area contributed by atoms with E-state index in [1.165, 1.54) is 12.0 Å². The molecule has 0 unspecified atom stereocenters. The van der Waals surface area contributed by atoms with Gasteiger partial charge in [-0.3, -0.25) is 0 Å². The number of ether oxygens (including phenoxy) is 1. The molecule has 4 nitrogen and oxygen atoms in total. The number of hydrogen-bond donors (Lipinski definition) is 1. The Labute approximate surface area is 140 Å². The van der Waals surface area contributed by atoms with Crippen molar-refractivity contribution in [3.63, 3.8) is 0 Å². The molecule has 0 saturated heterocycles. The van der Waals surface area contributed by atoms with Gasteiger partial charge in [0.1, 0.15) is 18.1 Å². The van der Waals surface area contributed by atoms with Gasteiger partial charge in [-0.15, -0.1) is 0 Å². The van der Waals surface area contributed by atoms with Crippen molar-refractivity contribution < 1.29 is 9.15 Å². The quantitative estimate of drug-likeness (QED) is 0.706. The van der Waals surface area contributed by atoms with E-state index in [2.05, 4.69) is 10.3 Å². The molecule has 0 bridgehead atoms. The summed E-state index contributed by atoms with van der Waals surface area (Å²) in [6.07, 6.45) is 3.14. The average Bonchev–Trinajstić information content (AvgIpc) is 3.08. The van der Waals surface area contributed by atoms with Crippen molar-refractivity contribution >= 4 is 11.6 Å². The van der Waals surface area contributed by atoms with E-state index < -0.39 is 0 Å². The fourth-order valence-corrected chi connectivity index (χ4v) is 2.37. The van der Waals surface area contributed by atoms with Crippen LogP contribution < -0.4 is 10.1 Å². The summed E-state index contributed by atoms with van der Waals surface area (Å²) in [6.45, 7) is 1.92. The minimum absolute atomic E-state index is 0.504. The van der Waals surface area contributed by atoms with Crippen molar-refractivity contribution in [2.45, 2.75) is 19.7 Å². The Balaban J connectivity index is 1.47. The highest BCUT2D eigenvalue weighted by atomic mass is 35.5. The minimum Gasteiger partial charge on any atom is -0.489 e. The molecule has 0 saturated carbocycles. The minimum atomic E-state index is 0.504. The molecule has 0 fully saturated rings. The maximum absolute atomic E-state index is 5.96. The first-order chi connectivity index (χ1) is 11.3. The number of nitrogens with one attached hydrogen (secondary N) is 1. The topological polar surface area (TPSA) is 47.3 Å². The number of hydrogen-bond acceptors (Lipinski definition) is 4. The normalized spacial score (nSPS) is 10.7. The Kier molecular flexibility index (Phi) is 5.29. The van der Waals surface area contributed by atoms with E-state index in [-0.39, 0.29) is 0 Å². The van der Waals surface area contributed by atoms with Crippen LogP contribution in [0.3, 0.4) is 0 Å². The first-order valence-corrected chi connectivity index (χ1v) is 7.72. The third-order valence-corrected chi connectivity index (χ3v) is 3.56. The number of oxazole rings is 1. The number of aromatic nitrogens is 1. The van der Waals surface area contributed by atoms with E-state index in [1.54, 1.807) is 6.20 Å². The van der Waals surface area contributed by atoms with Crippen LogP contribution in [0, 0.1) is 0 Å². The monoisotopic (exact) mass is 328 g/mol. The number of nitrogens with zero attached hydrogens (tertiary/aromatic N) is 1. The van der Waals surface area contributed by atoms with E-state index in [9.17, 15) is 0 Å². The molecule has 3 rings (SSSR count). The molecular formula is C18H17ClN2O2. The molecule has 0 aliphatic heterocycles. The second-order valence-electron chi connectivity index (χ2n) is 5.13. The summed E-state index contributed by atoms with van der Waals surface area (Å²) < 4.78 is 10.9. The summed E-state index contributed by atoms with van der Waals surface area (Å²) in [5.74, 6) is 1.66. The first-order valence-electron chi connectivity index (χ1n) is 7.34. The largest absolute Gasteiger partial charge is 0.489 e.